The minimum atomic E-state index is -0.0223. The van der Waals surface area contributed by atoms with Gasteiger partial charge in [-0.25, -0.2) is 4.98 Å². The molecular weight excluding hydrogens is 188 g/mol. The van der Waals surface area contributed by atoms with Crippen LogP contribution in [0, 0.1) is 0 Å². The Morgan fingerprint density at radius 2 is 1.87 bits per heavy atom. The van der Waals surface area contributed by atoms with Crippen molar-refractivity contribution in [3.63, 3.8) is 0 Å². The van der Waals surface area contributed by atoms with Gasteiger partial charge in [0.1, 0.15) is 5.69 Å². The van der Waals surface area contributed by atoms with Crippen molar-refractivity contribution >= 4 is 5.78 Å². The van der Waals surface area contributed by atoms with E-state index in [-0.39, 0.29) is 5.78 Å². The van der Waals surface area contributed by atoms with Crippen LogP contribution in [0.25, 0.3) is 11.3 Å². The first-order valence-electron chi connectivity index (χ1n) is 4.66. The fourth-order valence-corrected chi connectivity index (χ4v) is 1.31. The summed E-state index contributed by atoms with van der Waals surface area (Å²) in [6.45, 7) is 1.51. The summed E-state index contributed by atoms with van der Waals surface area (Å²) in [4.78, 5) is 19.4. The fraction of sp³-hybridized carbons (Fsp3) is 0.0833. The van der Waals surface area contributed by atoms with E-state index in [0.717, 1.165) is 11.3 Å². The third kappa shape index (κ3) is 2.07. The minimum absolute atomic E-state index is 0.0223. The summed E-state index contributed by atoms with van der Waals surface area (Å²) in [5.41, 5.74) is 2.25. The maximum atomic E-state index is 11.2. The highest BCUT2D eigenvalue weighted by Crippen LogP contribution is 2.15. The number of hydrogen-bond donors (Lipinski definition) is 0. The number of hydrogen-bond acceptors (Lipinski definition) is 3. The molecule has 0 amide bonds. The van der Waals surface area contributed by atoms with Crippen LogP contribution in [-0.4, -0.2) is 15.8 Å². The van der Waals surface area contributed by atoms with E-state index < -0.39 is 0 Å². The summed E-state index contributed by atoms with van der Waals surface area (Å²) >= 11 is 0. The maximum absolute atomic E-state index is 11.2. The smallest absolute Gasteiger partial charge is 0.178 e. The molecule has 0 unspecified atom stereocenters. The molecule has 74 valence electrons. The van der Waals surface area contributed by atoms with Crippen LogP contribution in [0.2, 0.25) is 0 Å². The van der Waals surface area contributed by atoms with Gasteiger partial charge in [0.15, 0.2) is 5.78 Å². The predicted molar refractivity (Wildman–Crippen MR) is 57.5 cm³/mol. The molecule has 0 fully saturated rings. The molecule has 0 atom stereocenters. The van der Waals surface area contributed by atoms with Gasteiger partial charge in [0.2, 0.25) is 0 Å². The third-order valence-corrected chi connectivity index (χ3v) is 2.09. The molecule has 0 N–H and O–H groups in total. The summed E-state index contributed by atoms with van der Waals surface area (Å²) in [6.07, 6.45) is 3.41. The Kier molecular flexibility index (Phi) is 2.54. The quantitative estimate of drug-likeness (QED) is 0.695. The fourth-order valence-electron chi connectivity index (χ4n) is 1.31. The predicted octanol–water partition coefficient (Wildman–Crippen LogP) is 2.35. The molecule has 0 bridgehead atoms. The Balaban J connectivity index is 2.46. The molecule has 0 aliphatic heterocycles. The number of nitrogens with zero attached hydrogens (tertiary/aromatic N) is 2. The van der Waals surface area contributed by atoms with E-state index >= 15 is 0 Å². The van der Waals surface area contributed by atoms with Crippen molar-refractivity contribution in [2.45, 2.75) is 6.92 Å². The zero-order chi connectivity index (χ0) is 10.7. The number of ketones is 1. The monoisotopic (exact) mass is 198 g/mol. The van der Waals surface area contributed by atoms with Crippen LogP contribution in [0.15, 0.2) is 42.7 Å². The standard InChI is InChI=1S/C12H10N2O/c1-9(15)11-3-2-4-12(14-11)10-5-7-13-8-6-10/h2-8H,1H3. The summed E-state index contributed by atoms with van der Waals surface area (Å²) in [5, 5.41) is 0. The molecule has 3 nitrogen and oxygen atoms in total. The molecule has 0 saturated heterocycles. The normalized spacial score (nSPS) is 9.93. The number of aromatic nitrogens is 2. The molecule has 2 heterocycles. The first kappa shape index (κ1) is 9.52. The van der Waals surface area contributed by atoms with Crippen LogP contribution in [0.1, 0.15) is 17.4 Å². The van der Waals surface area contributed by atoms with Crippen molar-refractivity contribution in [1.82, 2.24) is 9.97 Å². The molecule has 2 rings (SSSR count). The van der Waals surface area contributed by atoms with Gasteiger partial charge in [0, 0.05) is 24.9 Å². The van der Waals surface area contributed by atoms with Crippen molar-refractivity contribution in [2.24, 2.45) is 0 Å². The second-order valence-electron chi connectivity index (χ2n) is 3.20. The summed E-state index contributed by atoms with van der Waals surface area (Å²) < 4.78 is 0. The minimum Gasteiger partial charge on any atom is -0.293 e. The van der Waals surface area contributed by atoms with Gasteiger partial charge in [0.05, 0.1) is 5.69 Å². The van der Waals surface area contributed by atoms with E-state index in [2.05, 4.69) is 9.97 Å². The van der Waals surface area contributed by atoms with E-state index in [1.807, 2.05) is 24.3 Å². The molecule has 0 aliphatic rings. The van der Waals surface area contributed by atoms with Gasteiger partial charge < -0.3 is 0 Å². The molecule has 15 heavy (non-hydrogen) atoms. The molecule has 3 heteroatoms. The average Bonchev–Trinajstić information content (AvgIpc) is 2.30. The van der Waals surface area contributed by atoms with Gasteiger partial charge in [0.25, 0.3) is 0 Å². The van der Waals surface area contributed by atoms with Crippen LogP contribution >= 0.6 is 0 Å². The van der Waals surface area contributed by atoms with Gasteiger partial charge in [-0.1, -0.05) is 6.07 Å². The highest BCUT2D eigenvalue weighted by Gasteiger charge is 2.03. The van der Waals surface area contributed by atoms with Crippen LogP contribution in [-0.2, 0) is 0 Å². The molecule has 2 aromatic heterocycles. The second-order valence-corrected chi connectivity index (χ2v) is 3.20. The summed E-state index contributed by atoms with van der Waals surface area (Å²) in [5.74, 6) is -0.0223. The molecule has 2 aromatic rings. The van der Waals surface area contributed by atoms with Gasteiger partial charge in [-0.2, -0.15) is 0 Å². The zero-order valence-electron chi connectivity index (χ0n) is 8.34. The molecule has 0 spiro atoms. The molecule has 0 aromatic carbocycles. The second kappa shape index (κ2) is 4.00. The number of pyridine rings is 2. The maximum Gasteiger partial charge on any atom is 0.178 e. The Morgan fingerprint density at radius 1 is 1.13 bits per heavy atom. The number of rotatable bonds is 2. The van der Waals surface area contributed by atoms with Crippen LogP contribution in [0.5, 0.6) is 0 Å². The topological polar surface area (TPSA) is 42.9 Å². The SMILES string of the molecule is CC(=O)c1cccc(-c2ccncc2)n1. The average molecular weight is 198 g/mol. The Morgan fingerprint density at radius 3 is 2.53 bits per heavy atom. The van der Waals surface area contributed by atoms with E-state index in [1.54, 1.807) is 18.5 Å². The third-order valence-electron chi connectivity index (χ3n) is 2.09. The van der Waals surface area contributed by atoms with E-state index in [4.69, 9.17) is 0 Å². The van der Waals surface area contributed by atoms with Gasteiger partial charge in [-0.3, -0.25) is 9.78 Å². The highest BCUT2D eigenvalue weighted by atomic mass is 16.1. The van der Waals surface area contributed by atoms with Crippen molar-refractivity contribution < 1.29 is 4.79 Å². The van der Waals surface area contributed by atoms with Crippen molar-refractivity contribution in [1.29, 1.82) is 0 Å². The van der Waals surface area contributed by atoms with Crippen LogP contribution < -0.4 is 0 Å². The van der Waals surface area contributed by atoms with Gasteiger partial charge in [-0.15, -0.1) is 0 Å². The lowest BCUT2D eigenvalue weighted by atomic mass is 10.1. The van der Waals surface area contributed by atoms with Gasteiger partial charge >= 0.3 is 0 Å². The molecule has 0 saturated carbocycles. The highest BCUT2D eigenvalue weighted by molar-refractivity contribution is 5.92. The Hall–Kier alpha value is -2.03. The van der Waals surface area contributed by atoms with Crippen LogP contribution in [0.3, 0.4) is 0 Å². The first-order chi connectivity index (χ1) is 7.27. The van der Waals surface area contributed by atoms with E-state index in [0.29, 0.717) is 5.69 Å². The van der Waals surface area contributed by atoms with Crippen molar-refractivity contribution in [3.8, 4) is 11.3 Å². The largest absolute Gasteiger partial charge is 0.293 e. The lowest BCUT2D eigenvalue weighted by Crippen LogP contribution is -1.97. The Labute approximate surface area is 87.8 Å². The number of carbonyl (C=O) groups excluding carboxylic acids is 1. The van der Waals surface area contributed by atoms with Crippen molar-refractivity contribution in [2.75, 3.05) is 0 Å². The van der Waals surface area contributed by atoms with Gasteiger partial charge in [-0.05, 0) is 24.3 Å². The molecule has 0 radical (unpaired) electrons. The summed E-state index contributed by atoms with van der Waals surface area (Å²) in [6, 6.07) is 9.16. The van der Waals surface area contributed by atoms with E-state index in [1.165, 1.54) is 6.92 Å². The summed E-state index contributed by atoms with van der Waals surface area (Å²) in [7, 11) is 0. The zero-order valence-corrected chi connectivity index (χ0v) is 8.34. The number of carbonyl (C=O) groups is 1. The number of Topliss-reactive ketones (excluding diaryl/α,β-unsaturated/α-hetero) is 1. The van der Waals surface area contributed by atoms with E-state index in [9.17, 15) is 4.79 Å². The first-order valence-corrected chi connectivity index (χ1v) is 4.66. The lowest BCUT2D eigenvalue weighted by molar-refractivity contribution is 0.101. The molecular formula is C12H10N2O. The lowest BCUT2D eigenvalue weighted by Gasteiger charge is -2.01. The molecule has 0 aliphatic carbocycles. The van der Waals surface area contributed by atoms with Crippen molar-refractivity contribution in [3.05, 3.63) is 48.4 Å². The Bertz CT molecular complexity index is 480. The van der Waals surface area contributed by atoms with Crippen LogP contribution in [0.4, 0.5) is 0 Å².